The van der Waals surface area contributed by atoms with Crippen molar-refractivity contribution >= 4 is 36.2 Å². The summed E-state index contributed by atoms with van der Waals surface area (Å²) in [6.45, 7) is 24.4. The van der Waals surface area contributed by atoms with Gasteiger partial charge in [0.1, 0.15) is 22.8 Å². The number of rotatable bonds is 9. The maximum absolute atomic E-state index is 12.3. The zero-order chi connectivity index (χ0) is 44.7. The van der Waals surface area contributed by atoms with E-state index in [0.29, 0.717) is 12.1 Å². The van der Waals surface area contributed by atoms with Crippen molar-refractivity contribution in [1.82, 2.24) is 40.2 Å². The number of nitrogens with zero attached hydrogens (tertiary/aromatic N) is 8. The first kappa shape index (κ1) is 52.2. The van der Waals surface area contributed by atoms with Crippen LogP contribution in [0.3, 0.4) is 0 Å². The first-order valence-corrected chi connectivity index (χ1v) is 23.7. The molecule has 63 heavy (non-hydrogen) atoms. The maximum Gasteiger partial charge on any atom is 0.410 e. The Hall–Kier alpha value is -3.43. The molecule has 0 bridgehead atoms. The Morgan fingerprint density at radius 1 is 0.651 bits per heavy atom. The SMILES string of the molecule is CN(C(=O)OC(C)(C)C)C1CCN(Cc2ccnc(N3CCCC3)c2)CC1.CN(C(=O)OC(C)(C)C)C1CCNCC1.CNC1CCN(Cc2ccnc(N3CCCC3)c2)CC1.Cl. The molecular formula is C48H83ClN10O4. The highest BCUT2D eigenvalue weighted by Crippen LogP contribution is 2.24. The molecule has 0 atom stereocenters. The van der Waals surface area contributed by atoms with Gasteiger partial charge in [-0.15, -0.1) is 12.4 Å². The number of ether oxygens (including phenoxy) is 2. The Balaban J connectivity index is 0.000000215. The fourth-order valence-electron chi connectivity index (χ4n) is 8.88. The van der Waals surface area contributed by atoms with Crippen LogP contribution in [-0.4, -0.2) is 158 Å². The van der Waals surface area contributed by atoms with Gasteiger partial charge in [-0.1, -0.05) is 0 Å². The van der Waals surface area contributed by atoms with Gasteiger partial charge < -0.3 is 39.7 Å². The van der Waals surface area contributed by atoms with Crippen molar-refractivity contribution in [2.24, 2.45) is 0 Å². The molecule has 5 aliphatic heterocycles. The quantitative estimate of drug-likeness (QED) is 0.261. The molecule has 14 nitrogen and oxygen atoms in total. The lowest BCUT2D eigenvalue weighted by Gasteiger charge is -2.37. The van der Waals surface area contributed by atoms with Crippen LogP contribution in [0.5, 0.6) is 0 Å². The molecule has 15 heteroatoms. The van der Waals surface area contributed by atoms with E-state index in [-0.39, 0.29) is 30.6 Å². The van der Waals surface area contributed by atoms with Crippen LogP contribution in [-0.2, 0) is 22.6 Å². The minimum atomic E-state index is -0.444. The van der Waals surface area contributed by atoms with Crippen molar-refractivity contribution in [3.8, 4) is 0 Å². The van der Waals surface area contributed by atoms with Crippen molar-refractivity contribution < 1.29 is 19.1 Å². The van der Waals surface area contributed by atoms with Crippen LogP contribution in [0.1, 0.15) is 117 Å². The largest absolute Gasteiger partial charge is 0.444 e. The van der Waals surface area contributed by atoms with E-state index in [4.69, 9.17) is 9.47 Å². The Bertz CT molecular complexity index is 1640. The highest BCUT2D eigenvalue weighted by Gasteiger charge is 2.29. The first-order chi connectivity index (χ1) is 29.6. The zero-order valence-electron chi connectivity index (χ0n) is 40.4. The van der Waals surface area contributed by atoms with Gasteiger partial charge in [0.2, 0.25) is 0 Å². The van der Waals surface area contributed by atoms with Crippen LogP contribution in [0.4, 0.5) is 21.2 Å². The molecule has 2 amide bonds. The van der Waals surface area contributed by atoms with Gasteiger partial charge in [-0.2, -0.15) is 0 Å². The molecule has 7 heterocycles. The van der Waals surface area contributed by atoms with Gasteiger partial charge in [0.05, 0.1) is 0 Å². The van der Waals surface area contributed by atoms with E-state index in [9.17, 15) is 9.59 Å². The molecule has 0 radical (unpaired) electrons. The molecule has 2 N–H and O–H groups in total. The molecule has 5 saturated heterocycles. The second-order valence-electron chi connectivity index (χ2n) is 19.9. The normalized spacial score (nSPS) is 19.6. The molecule has 356 valence electrons. The lowest BCUT2D eigenvalue weighted by molar-refractivity contribution is 0.0147. The summed E-state index contributed by atoms with van der Waals surface area (Å²) >= 11 is 0. The molecule has 5 fully saturated rings. The number of halogens is 1. The predicted octanol–water partition coefficient (Wildman–Crippen LogP) is 7.41. The van der Waals surface area contributed by atoms with Crippen molar-refractivity contribution in [3.05, 3.63) is 47.8 Å². The average Bonchev–Trinajstić information content (AvgIpc) is 4.00. The molecular weight excluding hydrogens is 816 g/mol. The minimum Gasteiger partial charge on any atom is -0.444 e. The van der Waals surface area contributed by atoms with E-state index < -0.39 is 11.2 Å². The smallest absolute Gasteiger partial charge is 0.410 e. The molecule has 0 aromatic carbocycles. The number of pyridine rings is 2. The average molecular weight is 900 g/mol. The topological polar surface area (TPSA) is 122 Å². The standard InChI is InChI=1S/C21H34N4O2.C16H26N4.C11H22N2O2.ClH/c1-21(2,3)27-20(26)23(4)18-8-13-24(14-9-18)16-17-7-10-22-19(15-17)25-11-5-6-12-25;1-17-15-5-10-19(11-6-15)13-14-4-7-18-16(12-14)20-8-2-3-9-20;1-11(2,3)15-10(14)13(4)9-5-7-12-8-6-9;/h7,10,15,18H,5-6,8-9,11-14,16H2,1-4H3;4,7,12,15,17H,2-3,5-6,8-11,13H2,1H3;9,12H,5-8H2,1-4H3;1H. The number of aromatic nitrogens is 2. The second-order valence-corrected chi connectivity index (χ2v) is 19.9. The fraction of sp³-hybridized carbons (Fsp3) is 0.750. The third-order valence-corrected chi connectivity index (χ3v) is 12.6. The number of piperidine rings is 3. The summed E-state index contributed by atoms with van der Waals surface area (Å²) in [6.07, 6.45) is 15.2. The Morgan fingerprint density at radius 3 is 1.41 bits per heavy atom. The van der Waals surface area contributed by atoms with Gasteiger partial charge >= 0.3 is 12.2 Å². The summed E-state index contributed by atoms with van der Waals surface area (Å²) in [5.74, 6) is 2.29. The van der Waals surface area contributed by atoms with Gasteiger partial charge in [-0.3, -0.25) is 9.80 Å². The summed E-state index contributed by atoms with van der Waals surface area (Å²) in [7, 11) is 5.76. The summed E-state index contributed by atoms with van der Waals surface area (Å²) in [5, 5.41) is 6.67. The molecule has 0 saturated carbocycles. The molecule has 0 spiro atoms. The van der Waals surface area contributed by atoms with Crippen LogP contribution in [0, 0.1) is 0 Å². The van der Waals surface area contributed by atoms with Gasteiger partial charge in [-0.25, -0.2) is 19.6 Å². The molecule has 0 aliphatic carbocycles. The van der Waals surface area contributed by atoms with Gasteiger partial charge in [-0.05, 0) is 174 Å². The van der Waals surface area contributed by atoms with E-state index >= 15 is 0 Å². The number of hydrogen-bond donors (Lipinski definition) is 2. The highest BCUT2D eigenvalue weighted by molar-refractivity contribution is 5.85. The van der Waals surface area contributed by atoms with E-state index in [2.05, 4.69) is 71.5 Å². The fourth-order valence-corrected chi connectivity index (χ4v) is 8.88. The van der Waals surface area contributed by atoms with Crippen LogP contribution in [0.25, 0.3) is 0 Å². The zero-order valence-corrected chi connectivity index (χ0v) is 41.2. The van der Waals surface area contributed by atoms with Crippen LogP contribution in [0.2, 0.25) is 0 Å². The Kier molecular flexibility index (Phi) is 21.0. The summed E-state index contributed by atoms with van der Waals surface area (Å²) in [6, 6.07) is 10.1. The number of amides is 2. The lowest BCUT2D eigenvalue weighted by atomic mass is 10.0. The Morgan fingerprint density at radius 2 is 1.03 bits per heavy atom. The first-order valence-electron chi connectivity index (χ1n) is 23.7. The van der Waals surface area contributed by atoms with Crippen LogP contribution >= 0.6 is 12.4 Å². The summed E-state index contributed by atoms with van der Waals surface area (Å²) in [5.41, 5.74) is 1.88. The molecule has 2 aromatic heterocycles. The highest BCUT2D eigenvalue weighted by atomic mass is 35.5. The van der Waals surface area contributed by atoms with Crippen LogP contribution in [0.15, 0.2) is 36.7 Å². The van der Waals surface area contributed by atoms with Crippen LogP contribution < -0.4 is 20.4 Å². The Labute approximate surface area is 386 Å². The number of anilines is 2. The third-order valence-electron chi connectivity index (χ3n) is 12.6. The molecule has 5 aliphatic rings. The van der Waals surface area contributed by atoms with Crippen molar-refractivity contribution in [1.29, 1.82) is 0 Å². The van der Waals surface area contributed by atoms with E-state index in [1.807, 2.05) is 68.0 Å². The number of hydrogen-bond acceptors (Lipinski definition) is 12. The third kappa shape index (κ3) is 17.8. The predicted molar refractivity (Wildman–Crippen MR) is 258 cm³/mol. The van der Waals surface area contributed by atoms with Crippen molar-refractivity contribution in [3.63, 3.8) is 0 Å². The second kappa shape index (κ2) is 25.3. The van der Waals surface area contributed by atoms with Gasteiger partial charge in [0.25, 0.3) is 0 Å². The summed E-state index contributed by atoms with van der Waals surface area (Å²) < 4.78 is 10.8. The van der Waals surface area contributed by atoms with Gasteiger partial charge in [0, 0.05) is 97.0 Å². The molecule has 0 unspecified atom stereocenters. The van der Waals surface area contributed by atoms with E-state index in [0.717, 1.165) is 83.9 Å². The van der Waals surface area contributed by atoms with Crippen molar-refractivity contribution in [2.45, 2.75) is 148 Å². The lowest BCUT2D eigenvalue weighted by Crippen LogP contribution is -2.46. The van der Waals surface area contributed by atoms with Gasteiger partial charge in [0.15, 0.2) is 0 Å². The molecule has 2 aromatic rings. The van der Waals surface area contributed by atoms with E-state index in [1.165, 1.54) is 81.6 Å². The van der Waals surface area contributed by atoms with Crippen molar-refractivity contribution in [2.75, 3.05) is 96.4 Å². The number of likely N-dealkylation sites (tertiary alicyclic amines) is 2. The monoisotopic (exact) mass is 899 g/mol. The number of nitrogens with one attached hydrogen (secondary N) is 2. The summed E-state index contributed by atoms with van der Waals surface area (Å²) in [4.78, 5) is 46.4. The maximum atomic E-state index is 12.3. The number of carbonyl (C=O) groups is 2. The number of carbonyl (C=O) groups excluding carboxylic acids is 2. The van der Waals surface area contributed by atoms with E-state index in [1.54, 1.807) is 9.80 Å². The minimum absolute atomic E-state index is 0. The molecule has 7 rings (SSSR count).